The molecular weight excluding hydrogens is 202 g/mol. The zero-order chi connectivity index (χ0) is 12.1. The van der Waals surface area contributed by atoms with E-state index in [1.165, 1.54) is 0 Å². The smallest absolute Gasteiger partial charge is 0.240 e. The van der Waals surface area contributed by atoms with Crippen LogP contribution >= 0.6 is 0 Å². The fourth-order valence-electron chi connectivity index (χ4n) is 1.80. The van der Waals surface area contributed by atoms with Gasteiger partial charge in [-0.2, -0.15) is 0 Å². The zero-order valence-electron chi connectivity index (χ0n) is 11.0. The molecule has 94 valence electrons. The van der Waals surface area contributed by atoms with Crippen LogP contribution in [0.5, 0.6) is 0 Å². The number of nitrogens with zero attached hydrogens (tertiary/aromatic N) is 2. The molecule has 1 heterocycles. The normalized spacial score (nSPS) is 21.5. The fraction of sp³-hybridized carbons (Fsp3) is 0.917. The van der Waals surface area contributed by atoms with Gasteiger partial charge in [-0.05, 0) is 47.2 Å². The number of nitrogens with one attached hydrogen (secondary N) is 1. The Hall–Kier alpha value is -0.610. The number of hydrogen-bond donors (Lipinski definition) is 1. The predicted molar refractivity (Wildman–Crippen MR) is 66.2 cm³/mol. The summed E-state index contributed by atoms with van der Waals surface area (Å²) in [6.07, 6.45) is 2.25. The van der Waals surface area contributed by atoms with Gasteiger partial charge in [0.15, 0.2) is 0 Å². The van der Waals surface area contributed by atoms with E-state index in [0.717, 1.165) is 32.6 Å². The molecule has 1 atom stereocenters. The van der Waals surface area contributed by atoms with Crippen molar-refractivity contribution in [3.8, 4) is 0 Å². The highest BCUT2D eigenvalue weighted by molar-refractivity contribution is 5.83. The van der Waals surface area contributed by atoms with Gasteiger partial charge in [0.2, 0.25) is 5.91 Å². The van der Waals surface area contributed by atoms with E-state index in [0.29, 0.717) is 6.04 Å². The summed E-state index contributed by atoms with van der Waals surface area (Å²) in [7, 11) is 2.15. The van der Waals surface area contributed by atoms with Crippen LogP contribution in [0.4, 0.5) is 0 Å². The highest BCUT2D eigenvalue weighted by Crippen LogP contribution is 2.05. The van der Waals surface area contributed by atoms with E-state index in [1.807, 2.05) is 11.8 Å². The molecule has 1 amide bonds. The lowest BCUT2D eigenvalue weighted by molar-refractivity contribution is -0.128. The van der Waals surface area contributed by atoms with Crippen molar-refractivity contribution >= 4 is 5.91 Å². The number of unbranched alkanes of at least 4 members (excludes halogenated alkanes) is 1. The van der Waals surface area contributed by atoms with Crippen molar-refractivity contribution in [3.63, 3.8) is 0 Å². The van der Waals surface area contributed by atoms with Gasteiger partial charge in [0.25, 0.3) is 0 Å². The summed E-state index contributed by atoms with van der Waals surface area (Å²) >= 11 is 0. The Bertz CT molecular complexity index is 230. The van der Waals surface area contributed by atoms with Gasteiger partial charge in [0.1, 0.15) is 0 Å². The molecule has 0 bridgehead atoms. The van der Waals surface area contributed by atoms with Gasteiger partial charge in [-0.3, -0.25) is 10.1 Å². The maximum absolute atomic E-state index is 11.6. The number of carbonyl (C=O) groups excluding carboxylic acids is 1. The molecule has 1 saturated heterocycles. The van der Waals surface area contributed by atoms with Crippen molar-refractivity contribution in [1.29, 1.82) is 0 Å². The molecule has 16 heavy (non-hydrogen) atoms. The first kappa shape index (κ1) is 13.5. The Morgan fingerprint density at radius 1 is 1.50 bits per heavy atom. The van der Waals surface area contributed by atoms with E-state index in [1.54, 1.807) is 0 Å². The summed E-state index contributed by atoms with van der Waals surface area (Å²) in [5, 5.41) is 3.15. The van der Waals surface area contributed by atoms with Gasteiger partial charge in [0.05, 0.1) is 12.7 Å². The lowest BCUT2D eigenvalue weighted by atomic mass is 10.2. The van der Waals surface area contributed by atoms with Gasteiger partial charge < -0.3 is 9.80 Å². The predicted octanol–water partition coefficient (Wildman–Crippen LogP) is 0.885. The largest absolute Gasteiger partial charge is 0.329 e. The Kier molecular flexibility index (Phi) is 5.22. The molecule has 4 nitrogen and oxygen atoms in total. The average molecular weight is 227 g/mol. The van der Waals surface area contributed by atoms with Gasteiger partial charge in [0, 0.05) is 12.6 Å². The van der Waals surface area contributed by atoms with Crippen molar-refractivity contribution in [2.24, 2.45) is 0 Å². The molecular formula is C12H25N3O. The van der Waals surface area contributed by atoms with E-state index < -0.39 is 0 Å². The molecule has 0 spiro atoms. The maximum Gasteiger partial charge on any atom is 0.240 e. The number of hydrogen-bond acceptors (Lipinski definition) is 3. The van der Waals surface area contributed by atoms with Crippen LogP contribution in [0.2, 0.25) is 0 Å². The van der Waals surface area contributed by atoms with Gasteiger partial charge in [-0.25, -0.2) is 0 Å². The molecule has 1 unspecified atom stereocenters. The highest BCUT2D eigenvalue weighted by atomic mass is 16.2. The third kappa shape index (κ3) is 3.76. The lowest BCUT2D eigenvalue weighted by Crippen LogP contribution is -2.31. The Morgan fingerprint density at radius 2 is 2.19 bits per heavy atom. The Labute approximate surface area is 99.0 Å². The van der Waals surface area contributed by atoms with Crippen LogP contribution in [0.25, 0.3) is 0 Å². The second-order valence-electron chi connectivity index (χ2n) is 4.97. The summed E-state index contributed by atoms with van der Waals surface area (Å²) in [6, 6.07) is 0.619. The molecule has 1 aliphatic heterocycles. The second kappa shape index (κ2) is 6.21. The third-order valence-corrected chi connectivity index (χ3v) is 3.34. The Morgan fingerprint density at radius 3 is 2.69 bits per heavy atom. The lowest BCUT2D eigenvalue weighted by Gasteiger charge is -2.21. The molecule has 0 aliphatic carbocycles. The van der Waals surface area contributed by atoms with Crippen LogP contribution in [0.3, 0.4) is 0 Å². The van der Waals surface area contributed by atoms with Crippen LogP contribution in [0.15, 0.2) is 0 Å². The molecule has 0 saturated carbocycles. The minimum Gasteiger partial charge on any atom is -0.329 e. The van der Waals surface area contributed by atoms with E-state index in [-0.39, 0.29) is 11.9 Å². The van der Waals surface area contributed by atoms with Gasteiger partial charge in [-0.1, -0.05) is 0 Å². The molecule has 4 heteroatoms. The standard InChI is InChI=1S/C12H25N3O/c1-10(2)14(4)7-5-6-8-15-9-13-11(3)12(15)16/h10-11,13H,5-9H2,1-4H3. The number of amides is 1. The minimum absolute atomic E-state index is 0.0123. The molecule has 1 aliphatic rings. The van der Waals surface area contributed by atoms with Crippen LogP contribution in [0, 0.1) is 0 Å². The first-order valence-electron chi connectivity index (χ1n) is 6.24. The summed E-state index contributed by atoms with van der Waals surface area (Å²) in [6.45, 7) is 9.06. The topological polar surface area (TPSA) is 35.6 Å². The van der Waals surface area contributed by atoms with E-state index in [9.17, 15) is 4.79 Å². The van der Waals surface area contributed by atoms with E-state index in [4.69, 9.17) is 0 Å². The third-order valence-electron chi connectivity index (χ3n) is 3.34. The van der Waals surface area contributed by atoms with Crippen molar-refractivity contribution in [2.45, 2.75) is 45.7 Å². The molecule has 0 aromatic heterocycles. The second-order valence-corrected chi connectivity index (χ2v) is 4.97. The van der Waals surface area contributed by atoms with Crippen LogP contribution in [0.1, 0.15) is 33.6 Å². The number of rotatable bonds is 6. The minimum atomic E-state index is 0.0123. The molecule has 0 radical (unpaired) electrons. The monoisotopic (exact) mass is 227 g/mol. The van der Waals surface area contributed by atoms with E-state index >= 15 is 0 Å². The van der Waals surface area contributed by atoms with Crippen molar-refractivity contribution in [3.05, 3.63) is 0 Å². The van der Waals surface area contributed by atoms with Crippen LogP contribution < -0.4 is 5.32 Å². The van der Waals surface area contributed by atoms with Crippen molar-refractivity contribution in [1.82, 2.24) is 15.1 Å². The van der Waals surface area contributed by atoms with Crippen LogP contribution in [-0.2, 0) is 4.79 Å². The summed E-state index contributed by atoms with van der Waals surface area (Å²) < 4.78 is 0. The van der Waals surface area contributed by atoms with E-state index in [2.05, 4.69) is 31.1 Å². The molecule has 0 aromatic rings. The summed E-state index contributed by atoms with van der Waals surface area (Å²) in [5.74, 6) is 0.247. The van der Waals surface area contributed by atoms with Crippen molar-refractivity contribution < 1.29 is 4.79 Å². The van der Waals surface area contributed by atoms with Gasteiger partial charge >= 0.3 is 0 Å². The molecule has 0 aromatic carbocycles. The quantitative estimate of drug-likeness (QED) is 0.684. The van der Waals surface area contributed by atoms with Crippen molar-refractivity contribution in [2.75, 3.05) is 26.8 Å². The zero-order valence-corrected chi connectivity index (χ0v) is 11.0. The maximum atomic E-state index is 11.6. The highest BCUT2D eigenvalue weighted by Gasteiger charge is 2.26. The Balaban J connectivity index is 2.10. The first-order valence-corrected chi connectivity index (χ1v) is 6.24. The summed E-state index contributed by atoms with van der Waals surface area (Å²) in [4.78, 5) is 15.9. The van der Waals surface area contributed by atoms with Crippen LogP contribution in [-0.4, -0.2) is 54.6 Å². The van der Waals surface area contributed by atoms with Gasteiger partial charge in [-0.15, -0.1) is 0 Å². The SMILES string of the molecule is CC1NCN(CCCCN(C)C(C)C)C1=O. The molecule has 1 fully saturated rings. The number of carbonyl (C=O) groups is 1. The molecule has 1 rings (SSSR count). The fourth-order valence-corrected chi connectivity index (χ4v) is 1.80. The summed E-state index contributed by atoms with van der Waals surface area (Å²) in [5.41, 5.74) is 0. The average Bonchev–Trinajstić information content (AvgIpc) is 2.55. The first-order chi connectivity index (χ1) is 7.52. The molecule has 1 N–H and O–H groups in total.